The molecule has 6 heteroatoms. The number of nitrogens with one attached hydrogen (secondary N) is 1. The molecule has 2 aromatic rings. The smallest absolute Gasteiger partial charge is 0.195 e. The number of aliphatic hydroxyl groups is 1. The molecule has 0 amide bonds. The molecule has 2 rings (SSSR count). The Morgan fingerprint density at radius 2 is 2.33 bits per heavy atom. The number of aryl methyl sites for hydroxylation is 1. The van der Waals surface area contributed by atoms with Crippen LogP contribution in [0.25, 0.3) is 0 Å². The number of aromatic nitrogens is 3. The van der Waals surface area contributed by atoms with Gasteiger partial charge in [-0.15, -0.1) is 0 Å². The van der Waals surface area contributed by atoms with E-state index in [1.807, 2.05) is 31.2 Å². The second kappa shape index (κ2) is 5.79. The number of aliphatic hydroxyl groups excluding tert-OH is 1. The standard InChI is InChI=1S/C12H15N3O2S/c1-9-3-2-4-10(7-9)17-6-5-15-11(8-16)13-14-12(15)18/h2-4,7,16H,5-6,8H2,1H3,(H,14,18). The van der Waals surface area contributed by atoms with Crippen LogP contribution >= 0.6 is 12.2 Å². The summed E-state index contributed by atoms with van der Waals surface area (Å²) in [6.45, 7) is 2.91. The van der Waals surface area contributed by atoms with Gasteiger partial charge in [0.15, 0.2) is 10.6 Å². The first-order valence-electron chi connectivity index (χ1n) is 5.65. The molecule has 96 valence electrons. The first kappa shape index (κ1) is 12.8. The molecule has 1 heterocycles. The molecule has 0 radical (unpaired) electrons. The lowest BCUT2D eigenvalue weighted by Gasteiger charge is -2.08. The van der Waals surface area contributed by atoms with E-state index in [0.717, 1.165) is 11.3 Å². The van der Waals surface area contributed by atoms with Gasteiger partial charge < -0.3 is 9.84 Å². The van der Waals surface area contributed by atoms with Gasteiger partial charge in [0.2, 0.25) is 0 Å². The van der Waals surface area contributed by atoms with Crippen molar-refractivity contribution in [1.29, 1.82) is 0 Å². The average molecular weight is 265 g/mol. The van der Waals surface area contributed by atoms with Gasteiger partial charge in [0, 0.05) is 0 Å². The number of nitrogens with zero attached hydrogens (tertiary/aromatic N) is 2. The molecular weight excluding hydrogens is 250 g/mol. The van der Waals surface area contributed by atoms with Crippen LogP contribution in [0.3, 0.4) is 0 Å². The molecule has 0 bridgehead atoms. The number of benzene rings is 1. The summed E-state index contributed by atoms with van der Waals surface area (Å²) in [5, 5.41) is 15.7. The van der Waals surface area contributed by atoms with E-state index in [9.17, 15) is 0 Å². The van der Waals surface area contributed by atoms with E-state index in [2.05, 4.69) is 10.2 Å². The molecule has 5 nitrogen and oxygen atoms in total. The van der Waals surface area contributed by atoms with E-state index < -0.39 is 0 Å². The first-order valence-corrected chi connectivity index (χ1v) is 6.06. The summed E-state index contributed by atoms with van der Waals surface area (Å²) in [6, 6.07) is 7.85. The van der Waals surface area contributed by atoms with Gasteiger partial charge in [-0.3, -0.25) is 9.67 Å². The van der Waals surface area contributed by atoms with E-state index in [1.165, 1.54) is 0 Å². The second-order valence-electron chi connectivity index (χ2n) is 3.92. The molecule has 0 saturated heterocycles. The van der Waals surface area contributed by atoms with Crippen LogP contribution in [0.2, 0.25) is 0 Å². The van der Waals surface area contributed by atoms with Crippen LogP contribution in [-0.4, -0.2) is 26.5 Å². The Morgan fingerprint density at radius 3 is 3.06 bits per heavy atom. The molecule has 0 unspecified atom stereocenters. The Morgan fingerprint density at radius 1 is 1.50 bits per heavy atom. The quantitative estimate of drug-likeness (QED) is 0.809. The highest BCUT2D eigenvalue weighted by molar-refractivity contribution is 7.71. The summed E-state index contributed by atoms with van der Waals surface area (Å²) in [5.74, 6) is 1.35. The van der Waals surface area contributed by atoms with Crippen LogP contribution in [-0.2, 0) is 13.2 Å². The molecule has 1 aromatic heterocycles. The number of ether oxygens (including phenoxy) is 1. The Kier molecular flexibility index (Phi) is 4.11. The molecule has 0 aliphatic heterocycles. The zero-order chi connectivity index (χ0) is 13.0. The maximum atomic E-state index is 9.09. The minimum atomic E-state index is -0.141. The second-order valence-corrected chi connectivity index (χ2v) is 4.31. The maximum Gasteiger partial charge on any atom is 0.195 e. The van der Waals surface area contributed by atoms with Crippen molar-refractivity contribution in [3.63, 3.8) is 0 Å². The van der Waals surface area contributed by atoms with Crippen molar-refractivity contribution < 1.29 is 9.84 Å². The fourth-order valence-electron chi connectivity index (χ4n) is 1.66. The lowest BCUT2D eigenvalue weighted by atomic mass is 10.2. The summed E-state index contributed by atoms with van der Waals surface area (Å²) in [7, 11) is 0. The van der Waals surface area contributed by atoms with Crippen molar-refractivity contribution in [2.75, 3.05) is 6.61 Å². The Balaban J connectivity index is 1.96. The molecule has 0 fully saturated rings. The highest BCUT2D eigenvalue weighted by Crippen LogP contribution is 2.12. The molecule has 0 saturated carbocycles. The van der Waals surface area contributed by atoms with Gasteiger partial charge >= 0.3 is 0 Å². The predicted molar refractivity (Wildman–Crippen MR) is 70.0 cm³/mol. The van der Waals surface area contributed by atoms with Crippen LogP contribution in [0.15, 0.2) is 24.3 Å². The topological polar surface area (TPSA) is 63.1 Å². The fraction of sp³-hybridized carbons (Fsp3) is 0.333. The third-order valence-corrected chi connectivity index (χ3v) is 2.86. The average Bonchev–Trinajstić information content (AvgIpc) is 2.71. The van der Waals surface area contributed by atoms with Crippen molar-refractivity contribution in [2.45, 2.75) is 20.1 Å². The van der Waals surface area contributed by atoms with E-state index in [-0.39, 0.29) is 6.61 Å². The summed E-state index contributed by atoms with van der Waals surface area (Å²) in [6.07, 6.45) is 0. The van der Waals surface area contributed by atoms with E-state index in [0.29, 0.717) is 23.7 Å². The normalized spacial score (nSPS) is 10.6. The van der Waals surface area contributed by atoms with E-state index >= 15 is 0 Å². The minimum absolute atomic E-state index is 0.141. The third kappa shape index (κ3) is 2.96. The summed E-state index contributed by atoms with van der Waals surface area (Å²) < 4.78 is 7.84. The van der Waals surface area contributed by atoms with Crippen LogP contribution < -0.4 is 4.74 Å². The van der Waals surface area contributed by atoms with Gasteiger partial charge in [-0.1, -0.05) is 12.1 Å². The van der Waals surface area contributed by atoms with E-state index in [4.69, 9.17) is 22.1 Å². The molecule has 2 N–H and O–H groups in total. The van der Waals surface area contributed by atoms with Crippen LogP contribution in [0.1, 0.15) is 11.4 Å². The van der Waals surface area contributed by atoms with Gasteiger partial charge in [0.25, 0.3) is 0 Å². The number of aromatic amines is 1. The van der Waals surface area contributed by atoms with Crippen molar-refractivity contribution >= 4 is 12.2 Å². The van der Waals surface area contributed by atoms with Gasteiger partial charge in [0.1, 0.15) is 19.0 Å². The monoisotopic (exact) mass is 265 g/mol. The summed E-state index contributed by atoms with van der Waals surface area (Å²) in [4.78, 5) is 0. The number of hydrogen-bond acceptors (Lipinski definition) is 4. The minimum Gasteiger partial charge on any atom is -0.492 e. The number of rotatable bonds is 5. The predicted octanol–water partition coefficient (Wildman–Crippen LogP) is 1.82. The molecule has 1 aromatic carbocycles. The van der Waals surface area contributed by atoms with Gasteiger partial charge in [-0.2, -0.15) is 5.10 Å². The first-order chi connectivity index (χ1) is 8.70. The van der Waals surface area contributed by atoms with Crippen molar-refractivity contribution in [3.05, 3.63) is 40.4 Å². The number of H-pyrrole nitrogens is 1. The van der Waals surface area contributed by atoms with E-state index in [1.54, 1.807) is 4.57 Å². The Bertz CT molecular complexity index is 577. The van der Waals surface area contributed by atoms with Gasteiger partial charge in [-0.05, 0) is 36.8 Å². The summed E-state index contributed by atoms with van der Waals surface area (Å²) in [5.41, 5.74) is 1.16. The zero-order valence-electron chi connectivity index (χ0n) is 10.1. The van der Waals surface area contributed by atoms with Crippen molar-refractivity contribution in [3.8, 4) is 5.75 Å². The molecule has 18 heavy (non-hydrogen) atoms. The molecule has 0 atom stereocenters. The van der Waals surface area contributed by atoms with Gasteiger partial charge in [0.05, 0.1) is 6.54 Å². The zero-order valence-corrected chi connectivity index (χ0v) is 10.9. The molecular formula is C12H15N3O2S. The highest BCUT2D eigenvalue weighted by Gasteiger charge is 2.04. The Labute approximate surface area is 110 Å². The van der Waals surface area contributed by atoms with Gasteiger partial charge in [-0.25, -0.2) is 0 Å². The lowest BCUT2D eigenvalue weighted by Crippen LogP contribution is -2.11. The molecule has 0 aliphatic carbocycles. The lowest BCUT2D eigenvalue weighted by molar-refractivity contribution is 0.253. The highest BCUT2D eigenvalue weighted by atomic mass is 32.1. The fourth-order valence-corrected chi connectivity index (χ4v) is 1.90. The molecule has 0 spiro atoms. The Hall–Kier alpha value is -1.66. The summed E-state index contributed by atoms with van der Waals surface area (Å²) >= 11 is 5.07. The maximum absolute atomic E-state index is 9.09. The van der Waals surface area contributed by atoms with Crippen LogP contribution in [0.4, 0.5) is 0 Å². The third-order valence-electron chi connectivity index (χ3n) is 2.55. The molecule has 0 aliphatic rings. The van der Waals surface area contributed by atoms with Crippen molar-refractivity contribution in [2.24, 2.45) is 0 Å². The van der Waals surface area contributed by atoms with Crippen LogP contribution in [0, 0.1) is 11.7 Å². The SMILES string of the molecule is Cc1cccc(OCCn2c(CO)n[nH]c2=S)c1. The van der Waals surface area contributed by atoms with Crippen LogP contribution in [0.5, 0.6) is 5.75 Å². The number of hydrogen-bond donors (Lipinski definition) is 2. The van der Waals surface area contributed by atoms with Crippen molar-refractivity contribution in [1.82, 2.24) is 14.8 Å². The largest absolute Gasteiger partial charge is 0.492 e.